The van der Waals surface area contributed by atoms with Crippen molar-refractivity contribution in [2.24, 2.45) is 11.7 Å². The Labute approximate surface area is 91.1 Å². The van der Waals surface area contributed by atoms with Crippen molar-refractivity contribution in [2.45, 2.75) is 44.8 Å². The van der Waals surface area contributed by atoms with Gasteiger partial charge in [-0.05, 0) is 18.8 Å². The molecule has 4 nitrogen and oxygen atoms in total. The predicted octanol–water partition coefficient (Wildman–Crippen LogP) is 1.08. The molecule has 0 amide bonds. The van der Waals surface area contributed by atoms with E-state index in [9.17, 15) is 4.79 Å². The minimum atomic E-state index is -0.649. The average Bonchev–Trinajstić information content (AvgIpc) is 2.26. The summed E-state index contributed by atoms with van der Waals surface area (Å²) < 4.78 is 10.2. The van der Waals surface area contributed by atoms with E-state index in [0.29, 0.717) is 5.92 Å². The van der Waals surface area contributed by atoms with E-state index in [1.54, 1.807) is 0 Å². The fraction of sp³-hybridized carbons (Fsp3) is 0.909. The molecule has 0 spiro atoms. The Balaban J connectivity index is 2.26. The Morgan fingerprint density at radius 3 is 2.73 bits per heavy atom. The molecule has 4 heteroatoms. The molecular weight excluding hydrogens is 194 g/mol. The van der Waals surface area contributed by atoms with Crippen LogP contribution in [0.15, 0.2) is 0 Å². The first-order valence-corrected chi connectivity index (χ1v) is 5.60. The van der Waals surface area contributed by atoms with E-state index in [-0.39, 0.29) is 12.7 Å². The predicted molar refractivity (Wildman–Crippen MR) is 57.4 cm³/mol. The summed E-state index contributed by atoms with van der Waals surface area (Å²) in [6.07, 6.45) is 5.04. The van der Waals surface area contributed by atoms with Gasteiger partial charge in [-0.2, -0.15) is 0 Å². The second kappa shape index (κ2) is 6.08. The number of methoxy groups -OCH3 is 1. The lowest BCUT2D eigenvalue weighted by Gasteiger charge is -2.29. The van der Waals surface area contributed by atoms with Gasteiger partial charge in [0.1, 0.15) is 6.04 Å². The van der Waals surface area contributed by atoms with Crippen LogP contribution in [0.25, 0.3) is 0 Å². The number of rotatable bonds is 4. The summed E-state index contributed by atoms with van der Waals surface area (Å²) >= 11 is 0. The zero-order valence-corrected chi connectivity index (χ0v) is 9.57. The monoisotopic (exact) mass is 215 g/mol. The normalized spacial score (nSPS) is 28.5. The number of carbonyl (C=O) groups is 1. The van der Waals surface area contributed by atoms with Gasteiger partial charge in [0, 0.05) is 0 Å². The van der Waals surface area contributed by atoms with Gasteiger partial charge in [0.25, 0.3) is 0 Å². The van der Waals surface area contributed by atoms with Crippen molar-refractivity contribution >= 4 is 5.97 Å². The minimum absolute atomic E-state index is 0.259. The molecule has 0 bridgehead atoms. The van der Waals surface area contributed by atoms with Crippen molar-refractivity contribution in [1.29, 1.82) is 0 Å². The van der Waals surface area contributed by atoms with E-state index >= 15 is 0 Å². The maximum absolute atomic E-state index is 11.0. The Kier molecular flexibility index (Phi) is 5.05. The second-order valence-electron chi connectivity index (χ2n) is 4.26. The topological polar surface area (TPSA) is 61.5 Å². The molecule has 2 N–H and O–H groups in total. The highest BCUT2D eigenvalue weighted by molar-refractivity contribution is 5.75. The molecule has 0 aromatic heterocycles. The third kappa shape index (κ3) is 3.80. The van der Waals surface area contributed by atoms with Gasteiger partial charge in [-0.25, -0.2) is 0 Å². The zero-order valence-electron chi connectivity index (χ0n) is 9.57. The van der Waals surface area contributed by atoms with Gasteiger partial charge >= 0.3 is 5.97 Å². The summed E-state index contributed by atoms with van der Waals surface area (Å²) in [6, 6.07) is -0.649. The second-order valence-corrected chi connectivity index (χ2v) is 4.26. The van der Waals surface area contributed by atoms with Gasteiger partial charge < -0.3 is 15.2 Å². The number of hydrogen-bond donors (Lipinski definition) is 1. The van der Waals surface area contributed by atoms with E-state index in [1.807, 2.05) is 0 Å². The molecule has 88 valence electrons. The molecule has 1 fully saturated rings. The van der Waals surface area contributed by atoms with Crippen LogP contribution in [0.1, 0.15) is 32.6 Å². The number of hydrogen-bond acceptors (Lipinski definition) is 4. The zero-order chi connectivity index (χ0) is 11.3. The lowest BCUT2D eigenvalue weighted by atomic mass is 9.88. The molecular formula is C11H21NO3. The number of carbonyl (C=O) groups excluding carboxylic acids is 1. The van der Waals surface area contributed by atoms with E-state index < -0.39 is 12.0 Å². The van der Waals surface area contributed by atoms with Crippen LogP contribution in [0.3, 0.4) is 0 Å². The standard InChI is InChI=1S/C11H21NO3/c1-8-5-3-4-6-10(8)15-7-9(12)11(13)14-2/h8-10H,3-7,12H2,1-2H3. The Bertz CT molecular complexity index is 208. The molecule has 0 aliphatic heterocycles. The van der Waals surface area contributed by atoms with Crippen molar-refractivity contribution in [1.82, 2.24) is 0 Å². The van der Waals surface area contributed by atoms with E-state index in [4.69, 9.17) is 10.5 Å². The van der Waals surface area contributed by atoms with Gasteiger partial charge in [0.05, 0.1) is 19.8 Å². The van der Waals surface area contributed by atoms with Crippen LogP contribution in [-0.4, -0.2) is 31.8 Å². The van der Waals surface area contributed by atoms with Crippen molar-refractivity contribution in [3.05, 3.63) is 0 Å². The summed E-state index contributed by atoms with van der Waals surface area (Å²) in [4.78, 5) is 11.0. The van der Waals surface area contributed by atoms with E-state index in [2.05, 4.69) is 11.7 Å². The molecule has 0 radical (unpaired) electrons. The molecule has 1 aliphatic rings. The quantitative estimate of drug-likeness (QED) is 0.713. The van der Waals surface area contributed by atoms with Crippen LogP contribution in [-0.2, 0) is 14.3 Å². The summed E-state index contributed by atoms with van der Waals surface area (Å²) in [6.45, 7) is 2.45. The highest BCUT2D eigenvalue weighted by atomic mass is 16.5. The number of ether oxygens (including phenoxy) is 2. The van der Waals surface area contributed by atoms with Crippen molar-refractivity contribution < 1.29 is 14.3 Å². The summed E-state index contributed by atoms with van der Waals surface area (Å²) in [5, 5.41) is 0. The molecule has 0 saturated heterocycles. The molecule has 1 rings (SSSR count). The molecule has 1 saturated carbocycles. The number of nitrogens with two attached hydrogens (primary N) is 1. The molecule has 3 atom stereocenters. The van der Waals surface area contributed by atoms with Gasteiger partial charge in [-0.3, -0.25) is 4.79 Å². The van der Waals surface area contributed by atoms with Crippen molar-refractivity contribution in [2.75, 3.05) is 13.7 Å². The SMILES string of the molecule is COC(=O)C(N)COC1CCCCC1C. The first kappa shape index (κ1) is 12.5. The largest absolute Gasteiger partial charge is 0.468 e. The maximum Gasteiger partial charge on any atom is 0.325 e. The average molecular weight is 215 g/mol. The lowest BCUT2D eigenvalue weighted by Crippen LogP contribution is -2.39. The maximum atomic E-state index is 11.0. The molecule has 0 aromatic carbocycles. The van der Waals surface area contributed by atoms with E-state index in [1.165, 1.54) is 26.4 Å². The van der Waals surface area contributed by atoms with Gasteiger partial charge in [-0.1, -0.05) is 19.8 Å². The molecule has 15 heavy (non-hydrogen) atoms. The van der Waals surface area contributed by atoms with Gasteiger partial charge in [-0.15, -0.1) is 0 Å². The van der Waals surface area contributed by atoms with Crippen molar-refractivity contribution in [3.63, 3.8) is 0 Å². The first-order chi connectivity index (χ1) is 7.15. The highest BCUT2D eigenvalue weighted by Crippen LogP contribution is 2.26. The highest BCUT2D eigenvalue weighted by Gasteiger charge is 2.23. The summed E-state index contributed by atoms with van der Waals surface area (Å²) in [7, 11) is 1.34. The van der Waals surface area contributed by atoms with Crippen LogP contribution in [0.5, 0.6) is 0 Å². The number of esters is 1. The van der Waals surface area contributed by atoms with Crippen LogP contribution >= 0.6 is 0 Å². The molecule has 0 heterocycles. The summed E-state index contributed by atoms with van der Waals surface area (Å²) in [5.41, 5.74) is 5.59. The van der Waals surface area contributed by atoms with Crippen LogP contribution in [0.2, 0.25) is 0 Å². The fourth-order valence-corrected chi connectivity index (χ4v) is 1.98. The lowest BCUT2D eigenvalue weighted by molar-refractivity contribution is -0.144. The Morgan fingerprint density at radius 1 is 1.47 bits per heavy atom. The molecule has 3 unspecified atom stereocenters. The minimum Gasteiger partial charge on any atom is -0.468 e. The fourth-order valence-electron chi connectivity index (χ4n) is 1.98. The smallest absolute Gasteiger partial charge is 0.325 e. The van der Waals surface area contributed by atoms with Crippen LogP contribution in [0, 0.1) is 5.92 Å². The molecule has 0 aromatic rings. The van der Waals surface area contributed by atoms with E-state index in [0.717, 1.165) is 6.42 Å². The molecule has 1 aliphatic carbocycles. The van der Waals surface area contributed by atoms with Crippen LogP contribution in [0.4, 0.5) is 0 Å². The third-order valence-electron chi connectivity index (χ3n) is 3.03. The van der Waals surface area contributed by atoms with Crippen LogP contribution < -0.4 is 5.73 Å². The third-order valence-corrected chi connectivity index (χ3v) is 3.03. The Morgan fingerprint density at radius 2 is 2.13 bits per heavy atom. The van der Waals surface area contributed by atoms with Gasteiger partial charge in [0.2, 0.25) is 0 Å². The Hall–Kier alpha value is -0.610. The summed E-state index contributed by atoms with van der Waals surface area (Å²) in [5.74, 6) is 0.169. The van der Waals surface area contributed by atoms with Crippen molar-refractivity contribution in [3.8, 4) is 0 Å². The van der Waals surface area contributed by atoms with Gasteiger partial charge in [0.15, 0.2) is 0 Å². The first-order valence-electron chi connectivity index (χ1n) is 5.60.